The van der Waals surface area contributed by atoms with Crippen molar-refractivity contribution in [1.29, 1.82) is 0 Å². The van der Waals surface area contributed by atoms with Crippen LogP contribution in [0.3, 0.4) is 0 Å². The molecule has 0 aliphatic carbocycles. The standard InChI is InChI=1S/C6H10F4N2/c7-5(8)6(9,10)3-12-4-1-11-2-4/h4-5,11-12H,1-3H2. The molecule has 2 N–H and O–H groups in total. The lowest BCUT2D eigenvalue weighted by Crippen LogP contribution is -2.58. The van der Waals surface area contributed by atoms with Gasteiger partial charge in [0.05, 0.1) is 6.54 Å². The predicted molar refractivity (Wildman–Crippen MR) is 35.6 cm³/mol. The summed E-state index contributed by atoms with van der Waals surface area (Å²) >= 11 is 0. The number of rotatable bonds is 4. The van der Waals surface area contributed by atoms with E-state index in [0.29, 0.717) is 13.1 Å². The van der Waals surface area contributed by atoms with Crippen molar-refractivity contribution in [2.75, 3.05) is 19.6 Å². The topological polar surface area (TPSA) is 24.1 Å². The molecule has 1 saturated heterocycles. The SMILES string of the molecule is FC(F)C(F)(F)CNC1CNC1. The van der Waals surface area contributed by atoms with Crippen molar-refractivity contribution >= 4 is 0 Å². The van der Waals surface area contributed by atoms with E-state index in [0.717, 1.165) is 0 Å². The van der Waals surface area contributed by atoms with Crippen LogP contribution in [0.4, 0.5) is 17.6 Å². The van der Waals surface area contributed by atoms with E-state index in [2.05, 4.69) is 10.6 Å². The maximum absolute atomic E-state index is 12.2. The van der Waals surface area contributed by atoms with Gasteiger partial charge < -0.3 is 10.6 Å². The van der Waals surface area contributed by atoms with Crippen LogP contribution in [0.2, 0.25) is 0 Å². The highest BCUT2D eigenvalue weighted by atomic mass is 19.3. The lowest BCUT2D eigenvalue weighted by molar-refractivity contribution is -0.126. The van der Waals surface area contributed by atoms with Crippen LogP contribution in [-0.4, -0.2) is 38.0 Å². The van der Waals surface area contributed by atoms with E-state index in [1.165, 1.54) is 0 Å². The summed E-state index contributed by atoms with van der Waals surface area (Å²) in [5.41, 5.74) is 0. The molecule has 72 valence electrons. The molecule has 2 nitrogen and oxygen atoms in total. The molecule has 0 aromatic carbocycles. The summed E-state index contributed by atoms with van der Waals surface area (Å²) in [6.07, 6.45) is -3.59. The first-order valence-electron chi connectivity index (χ1n) is 3.62. The van der Waals surface area contributed by atoms with Crippen molar-refractivity contribution in [3.05, 3.63) is 0 Å². The second-order valence-electron chi connectivity index (χ2n) is 2.80. The Bertz CT molecular complexity index is 146. The molecule has 0 unspecified atom stereocenters. The van der Waals surface area contributed by atoms with E-state index in [4.69, 9.17) is 0 Å². The molecule has 0 radical (unpaired) electrons. The van der Waals surface area contributed by atoms with Gasteiger partial charge in [0.15, 0.2) is 0 Å². The molecule has 0 aromatic heterocycles. The minimum absolute atomic E-state index is 0.0883. The molecule has 1 aliphatic heterocycles. The summed E-state index contributed by atoms with van der Waals surface area (Å²) in [5.74, 6) is -3.91. The zero-order valence-corrected chi connectivity index (χ0v) is 6.29. The molecule has 1 aliphatic rings. The first-order chi connectivity index (χ1) is 5.52. The van der Waals surface area contributed by atoms with Crippen LogP contribution in [0.15, 0.2) is 0 Å². The molecule has 0 amide bonds. The molecule has 1 heterocycles. The van der Waals surface area contributed by atoms with E-state index in [9.17, 15) is 17.6 Å². The van der Waals surface area contributed by atoms with E-state index >= 15 is 0 Å². The minimum atomic E-state index is -3.91. The van der Waals surface area contributed by atoms with E-state index in [1.807, 2.05) is 0 Å². The number of alkyl halides is 4. The van der Waals surface area contributed by atoms with Gasteiger partial charge in [-0.3, -0.25) is 0 Å². The van der Waals surface area contributed by atoms with Crippen LogP contribution in [0, 0.1) is 0 Å². The van der Waals surface area contributed by atoms with Crippen molar-refractivity contribution in [1.82, 2.24) is 10.6 Å². The Morgan fingerprint density at radius 2 is 2.00 bits per heavy atom. The van der Waals surface area contributed by atoms with Gasteiger partial charge in [-0.25, -0.2) is 8.78 Å². The Hall–Kier alpha value is -0.360. The Morgan fingerprint density at radius 1 is 1.42 bits per heavy atom. The molecule has 1 fully saturated rings. The van der Waals surface area contributed by atoms with Gasteiger partial charge in [-0.1, -0.05) is 0 Å². The van der Waals surface area contributed by atoms with Crippen molar-refractivity contribution < 1.29 is 17.6 Å². The Morgan fingerprint density at radius 3 is 2.33 bits per heavy atom. The maximum atomic E-state index is 12.2. The lowest BCUT2D eigenvalue weighted by atomic mass is 10.2. The van der Waals surface area contributed by atoms with Gasteiger partial charge >= 0.3 is 12.3 Å². The van der Waals surface area contributed by atoms with E-state index in [1.54, 1.807) is 0 Å². The fourth-order valence-electron chi connectivity index (χ4n) is 0.791. The Labute approximate surface area is 67.3 Å². The monoisotopic (exact) mass is 186 g/mol. The summed E-state index contributed by atoms with van der Waals surface area (Å²) < 4.78 is 47.6. The minimum Gasteiger partial charge on any atom is -0.314 e. The van der Waals surface area contributed by atoms with Crippen molar-refractivity contribution in [2.45, 2.75) is 18.4 Å². The molecule has 0 spiro atoms. The van der Waals surface area contributed by atoms with Gasteiger partial charge in [-0.05, 0) is 0 Å². The zero-order valence-electron chi connectivity index (χ0n) is 6.29. The zero-order chi connectivity index (χ0) is 9.19. The van der Waals surface area contributed by atoms with Crippen LogP contribution in [0.5, 0.6) is 0 Å². The molecular weight excluding hydrogens is 176 g/mol. The van der Waals surface area contributed by atoms with Gasteiger partial charge in [0, 0.05) is 19.1 Å². The van der Waals surface area contributed by atoms with Crippen LogP contribution in [0.1, 0.15) is 0 Å². The van der Waals surface area contributed by atoms with Crippen LogP contribution < -0.4 is 10.6 Å². The summed E-state index contributed by atoms with van der Waals surface area (Å²) in [4.78, 5) is 0. The van der Waals surface area contributed by atoms with Gasteiger partial charge in [0.2, 0.25) is 0 Å². The molecule has 1 rings (SSSR count). The molecular formula is C6H10F4N2. The summed E-state index contributed by atoms with van der Waals surface area (Å²) in [5, 5.41) is 5.18. The Kier molecular flexibility index (Phi) is 2.89. The fraction of sp³-hybridized carbons (Fsp3) is 1.00. The molecule has 0 aromatic rings. The van der Waals surface area contributed by atoms with Gasteiger partial charge in [0.1, 0.15) is 0 Å². The second kappa shape index (κ2) is 3.57. The highest BCUT2D eigenvalue weighted by Gasteiger charge is 2.40. The van der Waals surface area contributed by atoms with Crippen LogP contribution >= 0.6 is 0 Å². The highest BCUT2D eigenvalue weighted by Crippen LogP contribution is 2.21. The van der Waals surface area contributed by atoms with Crippen LogP contribution in [-0.2, 0) is 0 Å². The summed E-state index contributed by atoms with van der Waals surface area (Å²) in [6, 6.07) is -0.0883. The first-order valence-corrected chi connectivity index (χ1v) is 3.62. The molecule has 0 bridgehead atoms. The van der Waals surface area contributed by atoms with Gasteiger partial charge in [-0.2, -0.15) is 8.78 Å². The second-order valence-corrected chi connectivity index (χ2v) is 2.80. The first kappa shape index (κ1) is 9.73. The lowest BCUT2D eigenvalue weighted by Gasteiger charge is -2.29. The quantitative estimate of drug-likeness (QED) is 0.623. The third kappa shape index (κ3) is 2.31. The average Bonchev–Trinajstić information content (AvgIpc) is 1.83. The largest absolute Gasteiger partial charge is 0.319 e. The predicted octanol–water partition coefficient (Wildman–Crippen LogP) is 0.448. The number of hydrogen-bond donors (Lipinski definition) is 2. The third-order valence-corrected chi connectivity index (χ3v) is 1.73. The van der Waals surface area contributed by atoms with Gasteiger partial charge in [-0.15, -0.1) is 0 Å². The number of hydrogen-bond acceptors (Lipinski definition) is 2. The molecule has 0 saturated carbocycles. The normalized spacial score (nSPS) is 19.8. The van der Waals surface area contributed by atoms with Crippen LogP contribution in [0.25, 0.3) is 0 Å². The number of nitrogens with one attached hydrogen (secondary N) is 2. The van der Waals surface area contributed by atoms with Crippen molar-refractivity contribution in [3.8, 4) is 0 Å². The molecule has 12 heavy (non-hydrogen) atoms. The molecule has 0 atom stereocenters. The van der Waals surface area contributed by atoms with E-state index < -0.39 is 18.9 Å². The average molecular weight is 186 g/mol. The summed E-state index contributed by atoms with van der Waals surface area (Å²) in [7, 11) is 0. The molecule has 6 heteroatoms. The Balaban J connectivity index is 2.19. The third-order valence-electron chi connectivity index (χ3n) is 1.73. The fourth-order valence-corrected chi connectivity index (χ4v) is 0.791. The summed E-state index contributed by atoms with van der Waals surface area (Å²) in [6.45, 7) is 0.190. The number of halogens is 4. The maximum Gasteiger partial charge on any atom is 0.319 e. The highest BCUT2D eigenvalue weighted by molar-refractivity contribution is 4.84. The van der Waals surface area contributed by atoms with E-state index in [-0.39, 0.29) is 6.04 Å². The van der Waals surface area contributed by atoms with Crippen molar-refractivity contribution in [3.63, 3.8) is 0 Å². The smallest absolute Gasteiger partial charge is 0.314 e. The van der Waals surface area contributed by atoms with Gasteiger partial charge in [0.25, 0.3) is 0 Å². The van der Waals surface area contributed by atoms with Crippen molar-refractivity contribution in [2.24, 2.45) is 0 Å².